The highest BCUT2D eigenvalue weighted by atomic mass is 16.5. The van der Waals surface area contributed by atoms with Crippen LogP contribution in [0, 0.1) is 11.3 Å². The minimum Gasteiger partial charge on any atom is -0.365 e. The molecule has 0 saturated carbocycles. The normalized spacial score (nSPS) is 23.1. The highest BCUT2D eigenvalue weighted by Gasteiger charge is 2.28. The first-order chi connectivity index (χ1) is 8.19. The maximum atomic E-state index is 11.8. The summed E-state index contributed by atoms with van der Waals surface area (Å²) < 4.78 is 5.45. The number of carbonyl (C=O) groups is 1. The first-order valence-corrected chi connectivity index (χ1v) is 5.51. The minimum absolute atomic E-state index is 0.139. The van der Waals surface area contributed by atoms with Crippen molar-refractivity contribution in [1.29, 1.82) is 5.26 Å². The van der Waals surface area contributed by atoms with Gasteiger partial charge in [-0.2, -0.15) is 5.26 Å². The molecule has 1 aliphatic rings. The summed E-state index contributed by atoms with van der Waals surface area (Å²) in [5.74, 6) is 0.267. The van der Waals surface area contributed by atoms with Crippen molar-refractivity contribution in [3.8, 4) is 6.07 Å². The molecule has 1 aromatic rings. The number of rotatable bonds is 2. The van der Waals surface area contributed by atoms with Gasteiger partial charge in [0.15, 0.2) is 0 Å². The average Bonchev–Trinajstić information content (AvgIpc) is 2.77. The van der Waals surface area contributed by atoms with E-state index in [9.17, 15) is 4.79 Å². The van der Waals surface area contributed by atoms with Crippen LogP contribution < -0.4 is 5.32 Å². The van der Waals surface area contributed by atoms with Crippen molar-refractivity contribution in [3.05, 3.63) is 23.9 Å². The van der Waals surface area contributed by atoms with Crippen LogP contribution in [0.2, 0.25) is 0 Å². The van der Waals surface area contributed by atoms with Crippen LogP contribution in [-0.2, 0) is 9.53 Å². The molecule has 88 valence electrons. The van der Waals surface area contributed by atoms with E-state index in [0.29, 0.717) is 11.4 Å². The second-order valence-electron chi connectivity index (χ2n) is 4.05. The van der Waals surface area contributed by atoms with E-state index in [1.165, 1.54) is 6.20 Å². The summed E-state index contributed by atoms with van der Waals surface area (Å²) in [6, 6.07) is 5.19. The van der Waals surface area contributed by atoms with Crippen LogP contribution in [0.25, 0.3) is 0 Å². The minimum atomic E-state index is -0.387. The number of nitriles is 1. The summed E-state index contributed by atoms with van der Waals surface area (Å²) in [5.41, 5.74) is 0.466. The van der Waals surface area contributed by atoms with Gasteiger partial charge in [-0.15, -0.1) is 0 Å². The molecule has 2 heterocycles. The van der Waals surface area contributed by atoms with Crippen LogP contribution in [-0.4, -0.2) is 23.1 Å². The number of ether oxygens (including phenoxy) is 1. The third kappa shape index (κ3) is 2.80. The van der Waals surface area contributed by atoms with E-state index >= 15 is 0 Å². The molecule has 1 aliphatic heterocycles. The van der Waals surface area contributed by atoms with E-state index in [1.807, 2.05) is 13.0 Å². The SMILES string of the molecule is CC1CCC(C(=O)Nc2ccc(C#N)cn2)O1. The van der Waals surface area contributed by atoms with Gasteiger partial charge in [-0.05, 0) is 31.9 Å². The zero-order chi connectivity index (χ0) is 12.3. The molecule has 1 saturated heterocycles. The van der Waals surface area contributed by atoms with Gasteiger partial charge in [0.1, 0.15) is 18.0 Å². The number of aromatic nitrogens is 1. The predicted octanol–water partition coefficient (Wildman–Crippen LogP) is 1.46. The van der Waals surface area contributed by atoms with Gasteiger partial charge in [-0.1, -0.05) is 0 Å². The number of hydrogen-bond acceptors (Lipinski definition) is 4. The Bertz CT molecular complexity index is 450. The van der Waals surface area contributed by atoms with E-state index in [0.717, 1.165) is 12.8 Å². The number of hydrogen-bond donors (Lipinski definition) is 1. The van der Waals surface area contributed by atoms with Gasteiger partial charge in [-0.3, -0.25) is 4.79 Å². The van der Waals surface area contributed by atoms with Crippen LogP contribution in [0.3, 0.4) is 0 Å². The number of nitrogens with one attached hydrogen (secondary N) is 1. The molecule has 0 bridgehead atoms. The Morgan fingerprint density at radius 1 is 1.59 bits per heavy atom. The van der Waals surface area contributed by atoms with Crippen LogP contribution in [0.1, 0.15) is 25.3 Å². The third-order valence-corrected chi connectivity index (χ3v) is 2.67. The first kappa shape index (κ1) is 11.6. The summed E-state index contributed by atoms with van der Waals surface area (Å²) in [5, 5.41) is 11.3. The van der Waals surface area contributed by atoms with E-state index < -0.39 is 0 Å². The second kappa shape index (κ2) is 4.93. The molecule has 0 radical (unpaired) electrons. The lowest BCUT2D eigenvalue weighted by Gasteiger charge is -2.10. The Labute approximate surface area is 99.4 Å². The molecule has 1 N–H and O–H groups in total. The Balaban J connectivity index is 1.96. The summed E-state index contributed by atoms with van der Waals surface area (Å²) in [7, 11) is 0. The molecule has 1 fully saturated rings. The van der Waals surface area contributed by atoms with E-state index in [4.69, 9.17) is 10.00 Å². The smallest absolute Gasteiger partial charge is 0.254 e. The molecule has 5 nitrogen and oxygen atoms in total. The van der Waals surface area contributed by atoms with Crippen LogP contribution >= 0.6 is 0 Å². The topological polar surface area (TPSA) is 75.0 Å². The van der Waals surface area contributed by atoms with Gasteiger partial charge in [0, 0.05) is 6.20 Å². The Hall–Kier alpha value is -1.93. The van der Waals surface area contributed by atoms with E-state index in [1.54, 1.807) is 12.1 Å². The maximum Gasteiger partial charge on any atom is 0.254 e. The lowest BCUT2D eigenvalue weighted by Crippen LogP contribution is -2.28. The summed E-state index contributed by atoms with van der Waals surface area (Å²) in [4.78, 5) is 15.7. The van der Waals surface area contributed by atoms with Crippen molar-refractivity contribution >= 4 is 11.7 Å². The maximum absolute atomic E-state index is 11.8. The molecular weight excluding hydrogens is 218 g/mol. The van der Waals surface area contributed by atoms with E-state index in [-0.39, 0.29) is 18.1 Å². The molecule has 2 atom stereocenters. The molecule has 1 aromatic heterocycles. The molecule has 2 rings (SSSR count). The average molecular weight is 231 g/mol. The standard InChI is InChI=1S/C12H13N3O2/c1-8-2-4-10(17-8)12(16)15-11-5-3-9(6-13)7-14-11/h3,5,7-8,10H,2,4H2,1H3,(H,14,15,16). The number of pyridine rings is 1. The monoisotopic (exact) mass is 231 g/mol. The largest absolute Gasteiger partial charge is 0.365 e. The third-order valence-electron chi connectivity index (χ3n) is 2.67. The summed E-state index contributed by atoms with van der Waals surface area (Å²) in [6.07, 6.45) is 2.82. The van der Waals surface area contributed by atoms with Gasteiger partial charge in [0.25, 0.3) is 5.91 Å². The van der Waals surface area contributed by atoms with Crippen LogP contribution in [0.15, 0.2) is 18.3 Å². The van der Waals surface area contributed by atoms with Gasteiger partial charge in [0.05, 0.1) is 11.7 Å². The van der Waals surface area contributed by atoms with Crippen LogP contribution in [0.4, 0.5) is 5.82 Å². The zero-order valence-electron chi connectivity index (χ0n) is 9.51. The van der Waals surface area contributed by atoms with Crippen molar-refractivity contribution in [2.45, 2.75) is 32.0 Å². The lowest BCUT2D eigenvalue weighted by atomic mass is 10.2. The quantitative estimate of drug-likeness (QED) is 0.836. The Morgan fingerprint density at radius 3 is 2.94 bits per heavy atom. The summed E-state index contributed by atoms with van der Waals surface area (Å²) >= 11 is 0. The zero-order valence-corrected chi connectivity index (χ0v) is 9.51. The van der Waals surface area contributed by atoms with Crippen LogP contribution in [0.5, 0.6) is 0 Å². The van der Waals surface area contributed by atoms with Gasteiger partial charge >= 0.3 is 0 Å². The highest BCUT2D eigenvalue weighted by Crippen LogP contribution is 2.20. The summed E-state index contributed by atoms with van der Waals surface area (Å²) in [6.45, 7) is 1.95. The van der Waals surface area contributed by atoms with Crippen molar-refractivity contribution in [1.82, 2.24) is 4.98 Å². The Kier molecular flexibility index (Phi) is 3.35. The number of anilines is 1. The van der Waals surface area contributed by atoms with Crippen molar-refractivity contribution in [2.24, 2.45) is 0 Å². The Morgan fingerprint density at radius 2 is 2.41 bits per heavy atom. The molecule has 2 unspecified atom stereocenters. The molecule has 5 heteroatoms. The van der Waals surface area contributed by atoms with Gasteiger partial charge in [0.2, 0.25) is 0 Å². The number of nitrogens with zero attached hydrogens (tertiary/aromatic N) is 2. The fourth-order valence-corrected chi connectivity index (χ4v) is 1.74. The molecule has 0 spiro atoms. The first-order valence-electron chi connectivity index (χ1n) is 5.51. The fraction of sp³-hybridized carbons (Fsp3) is 0.417. The predicted molar refractivity (Wildman–Crippen MR) is 61.2 cm³/mol. The lowest BCUT2D eigenvalue weighted by molar-refractivity contribution is -0.126. The molecular formula is C12H13N3O2. The van der Waals surface area contributed by atoms with Crippen molar-refractivity contribution < 1.29 is 9.53 Å². The molecule has 0 aliphatic carbocycles. The van der Waals surface area contributed by atoms with Gasteiger partial charge in [-0.25, -0.2) is 4.98 Å². The molecule has 0 aromatic carbocycles. The number of amides is 1. The fourth-order valence-electron chi connectivity index (χ4n) is 1.74. The number of carbonyl (C=O) groups excluding carboxylic acids is 1. The van der Waals surface area contributed by atoms with Crippen molar-refractivity contribution in [3.63, 3.8) is 0 Å². The molecule has 17 heavy (non-hydrogen) atoms. The van der Waals surface area contributed by atoms with E-state index in [2.05, 4.69) is 10.3 Å². The highest BCUT2D eigenvalue weighted by molar-refractivity contribution is 5.93. The molecule has 1 amide bonds. The van der Waals surface area contributed by atoms with Gasteiger partial charge < -0.3 is 10.1 Å². The van der Waals surface area contributed by atoms with Crippen molar-refractivity contribution in [2.75, 3.05) is 5.32 Å². The second-order valence-corrected chi connectivity index (χ2v) is 4.05.